The molecule has 2 heterocycles. The third-order valence-corrected chi connectivity index (χ3v) is 5.12. The van der Waals surface area contributed by atoms with Gasteiger partial charge in [-0.25, -0.2) is 9.37 Å². The average molecular weight is 441 g/mol. The molecule has 1 aliphatic carbocycles. The van der Waals surface area contributed by atoms with Crippen LogP contribution in [0.5, 0.6) is 11.5 Å². The van der Waals surface area contributed by atoms with Gasteiger partial charge >= 0.3 is 0 Å². The summed E-state index contributed by atoms with van der Waals surface area (Å²) in [6, 6.07) is 15.2. The van der Waals surface area contributed by atoms with Crippen molar-refractivity contribution >= 4 is 17.7 Å². The van der Waals surface area contributed by atoms with Crippen molar-refractivity contribution < 1.29 is 13.9 Å². The highest BCUT2D eigenvalue weighted by Crippen LogP contribution is 2.38. The first-order valence-electron chi connectivity index (χ1n) is 10.5. The first kappa shape index (κ1) is 20.6. The molecule has 0 spiro atoms. The molecule has 5 rings (SSSR count). The van der Waals surface area contributed by atoms with Crippen LogP contribution < -0.4 is 10.1 Å². The second-order valence-electron chi connectivity index (χ2n) is 7.70. The van der Waals surface area contributed by atoms with Crippen LogP contribution in [-0.4, -0.2) is 26.1 Å². The number of carbonyl (C=O) groups is 1. The molecule has 7 nitrogen and oxygen atoms in total. The van der Waals surface area contributed by atoms with Gasteiger partial charge in [0.05, 0.1) is 6.20 Å². The molecule has 0 unspecified atom stereocenters. The molecule has 4 aromatic rings. The number of aromatic amines is 1. The summed E-state index contributed by atoms with van der Waals surface area (Å²) in [6.07, 6.45) is 8.31. The van der Waals surface area contributed by atoms with Crippen LogP contribution in [-0.2, 0) is 4.79 Å². The molecular formula is C25H20FN5O2. The van der Waals surface area contributed by atoms with Gasteiger partial charge in [-0.15, -0.1) is 0 Å². The Morgan fingerprint density at radius 3 is 2.73 bits per heavy atom. The van der Waals surface area contributed by atoms with Gasteiger partial charge in [0.1, 0.15) is 11.6 Å². The van der Waals surface area contributed by atoms with E-state index in [0.29, 0.717) is 28.7 Å². The van der Waals surface area contributed by atoms with Crippen molar-refractivity contribution in [2.75, 3.05) is 5.32 Å². The predicted molar refractivity (Wildman–Crippen MR) is 122 cm³/mol. The molecule has 2 aromatic heterocycles. The molecule has 33 heavy (non-hydrogen) atoms. The number of H-pyrrole nitrogens is 1. The molecule has 1 saturated carbocycles. The van der Waals surface area contributed by atoms with E-state index in [1.807, 2.05) is 12.1 Å². The Bertz CT molecular complexity index is 1300. The Morgan fingerprint density at radius 2 is 2.00 bits per heavy atom. The summed E-state index contributed by atoms with van der Waals surface area (Å²) in [5.41, 5.74) is 2.04. The van der Waals surface area contributed by atoms with Gasteiger partial charge < -0.3 is 10.1 Å². The number of carbonyl (C=O) groups excluding carboxylic acids is 1. The van der Waals surface area contributed by atoms with Crippen molar-refractivity contribution in [3.8, 4) is 22.9 Å². The maximum absolute atomic E-state index is 14.3. The average Bonchev–Trinajstić information content (AvgIpc) is 3.57. The Hall–Kier alpha value is -4.33. The van der Waals surface area contributed by atoms with E-state index in [4.69, 9.17) is 4.74 Å². The summed E-state index contributed by atoms with van der Waals surface area (Å²) in [4.78, 5) is 20.7. The minimum atomic E-state index is -0.534. The van der Waals surface area contributed by atoms with E-state index < -0.39 is 5.82 Å². The highest BCUT2D eigenvalue weighted by Gasteiger charge is 2.27. The summed E-state index contributed by atoms with van der Waals surface area (Å²) in [5, 5.41) is 10.0. The molecule has 2 aromatic carbocycles. The molecule has 0 radical (unpaired) electrons. The second kappa shape index (κ2) is 9.04. The van der Waals surface area contributed by atoms with Crippen LogP contribution in [0.25, 0.3) is 17.5 Å². The minimum absolute atomic E-state index is 0.0837. The molecular weight excluding hydrogens is 421 g/mol. The van der Waals surface area contributed by atoms with Gasteiger partial charge in [-0.05, 0) is 73.0 Å². The summed E-state index contributed by atoms with van der Waals surface area (Å²) >= 11 is 0. The van der Waals surface area contributed by atoms with E-state index in [9.17, 15) is 9.18 Å². The first-order valence-corrected chi connectivity index (χ1v) is 10.5. The number of halogens is 1. The number of pyridine rings is 1. The molecule has 8 heteroatoms. The van der Waals surface area contributed by atoms with Crippen LogP contribution in [0.3, 0.4) is 0 Å². The fourth-order valence-electron chi connectivity index (χ4n) is 3.24. The van der Waals surface area contributed by atoms with Crippen molar-refractivity contribution in [3.05, 3.63) is 90.3 Å². The summed E-state index contributed by atoms with van der Waals surface area (Å²) < 4.78 is 19.8. The fraction of sp³-hybridized carbons (Fsp3) is 0.120. The normalized spacial score (nSPS) is 13.2. The molecule has 1 amide bonds. The molecule has 164 valence electrons. The Morgan fingerprint density at radius 1 is 1.15 bits per heavy atom. The molecule has 0 bridgehead atoms. The van der Waals surface area contributed by atoms with Crippen molar-refractivity contribution in [3.63, 3.8) is 0 Å². The number of aromatic nitrogens is 4. The summed E-state index contributed by atoms with van der Waals surface area (Å²) in [7, 11) is 0. The Kier molecular flexibility index (Phi) is 5.63. The lowest BCUT2D eigenvalue weighted by Crippen LogP contribution is -2.07. The van der Waals surface area contributed by atoms with Gasteiger partial charge in [0, 0.05) is 29.4 Å². The number of hydrogen-bond acceptors (Lipinski definition) is 5. The third-order valence-electron chi connectivity index (χ3n) is 5.12. The van der Waals surface area contributed by atoms with Crippen molar-refractivity contribution in [1.29, 1.82) is 0 Å². The number of benzene rings is 2. The van der Waals surface area contributed by atoms with Crippen molar-refractivity contribution in [1.82, 2.24) is 20.2 Å². The number of hydrogen-bond donors (Lipinski definition) is 2. The number of amides is 1. The van der Waals surface area contributed by atoms with Crippen LogP contribution in [0.2, 0.25) is 0 Å². The number of anilines is 1. The molecule has 0 atom stereocenters. The van der Waals surface area contributed by atoms with E-state index in [2.05, 4.69) is 25.5 Å². The van der Waals surface area contributed by atoms with E-state index in [-0.39, 0.29) is 11.7 Å². The third kappa shape index (κ3) is 5.12. The molecule has 0 aliphatic heterocycles. The number of ether oxygens (including phenoxy) is 1. The zero-order chi connectivity index (χ0) is 22.6. The van der Waals surface area contributed by atoms with Crippen LogP contribution in [0.15, 0.2) is 73.1 Å². The fourth-order valence-corrected chi connectivity index (χ4v) is 3.24. The van der Waals surface area contributed by atoms with Gasteiger partial charge in [0.25, 0.3) is 0 Å². The predicted octanol–water partition coefficient (Wildman–Crippen LogP) is 5.33. The van der Waals surface area contributed by atoms with Crippen LogP contribution in [0.4, 0.5) is 10.1 Å². The number of rotatable bonds is 7. The van der Waals surface area contributed by atoms with E-state index in [1.54, 1.807) is 36.5 Å². The zero-order valence-electron chi connectivity index (χ0n) is 17.5. The zero-order valence-corrected chi connectivity index (χ0v) is 17.5. The summed E-state index contributed by atoms with van der Waals surface area (Å²) in [6.45, 7) is 0. The van der Waals surface area contributed by atoms with E-state index in [1.165, 1.54) is 30.5 Å². The van der Waals surface area contributed by atoms with E-state index >= 15 is 0 Å². The maximum Gasteiger partial charge on any atom is 0.248 e. The highest BCUT2D eigenvalue weighted by molar-refractivity contribution is 6.02. The molecule has 2 N–H and O–H groups in total. The summed E-state index contributed by atoms with van der Waals surface area (Å²) in [5.74, 6) is 1.75. The van der Waals surface area contributed by atoms with Crippen LogP contribution in [0, 0.1) is 5.82 Å². The van der Waals surface area contributed by atoms with Gasteiger partial charge in [-0.3, -0.25) is 14.9 Å². The van der Waals surface area contributed by atoms with Gasteiger partial charge in [-0.2, -0.15) is 5.10 Å². The quantitative estimate of drug-likeness (QED) is 0.378. The standard InChI is InChI=1S/C25H20FN5O2/c26-21-14-16(3-11-22(21)33-20-2-1-13-27-15-20)4-12-23(32)28-19-9-7-18(8-10-19)25-29-24(30-31-25)17-5-6-17/h1-4,7-15,17H,5-6H2,(H,28,32)(H,29,30,31)/b12-4+. The lowest BCUT2D eigenvalue weighted by molar-refractivity contribution is -0.111. The molecule has 0 saturated heterocycles. The van der Waals surface area contributed by atoms with Gasteiger partial charge in [0.2, 0.25) is 5.91 Å². The van der Waals surface area contributed by atoms with Crippen molar-refractivity contribution in [2.24, 2.45) is 0 Å². The smallest absolute Gasteiger partial charge is 0.248 e. The van der Waals surface area contributed by atoms with Crippen LogP contribution in [0.1, 0.15) is 30.1 Å². The van der Waals surface area contributed by atoms with Crippen molar-refractivity contribution in [2.45, 2.75) is 18.8 Å². The second-order valence-corrected chi connectivity index (χ2v) is 7.70. The number of nitrogens with one attached hydrogen (secondary N) is 2. The maximum atomic E-state index is 14.3. The van der Waals surface area contributed by atoms with Gasteiger partial charge in [0.15, 0.2) is 17.4 Å². The Labute approximate surface area is 189 Å². The van der Waals surface area contributed by atoms with Gasteiger partial charge in [-0.1, -0.05) is 6.07 Å². The highest BCUT2D eigenvalue weighted by atomic mass is 19.1. The number of nitrogens with zero attached hydrogens (tertiary/aromatic N) is 3. The first-order chi connectivity index (χ1) is 16.1. The lowest BCUT2D eigenvalue weighted by Gasteiger charge is -2.06. The largest absolute Gasteiger partial charge is 0.453 e. The molecule has 1 fully saturated rings. The monoisotopic (exact) mass is 441 g/mol. The van der Waals surface area contributed by atoms with Crippen LogP contribution >= 0.6 is 0 Å². The SMILES string of the molecule is O=C(/C=C/c1ccc(Oc2cccnc2)c(F)c1)Nc1ccc(-c2n[nH]c(C3CC3)n2)cc1. The van der Waals surface area contributed by atoms with E-state index in [0.717, 1.165) is 24.2 Å². The molecule has 1 aliphatic rings. The minimum Gasteiger partial charge on any atom is -0.453 e. The Balaban J connectivity index is 1.19. The lowest BCUT2D eigenvalue weighted by atomic mass is 10.2. The topological polar surface area (TPSA) is 92.8 Å².